The van der Waals surface area contributed by atoms with Crippen LogP contribution >= 0.6 is 23.2 Å². The number of carbonyl (C=O) groups excluding carboxylic acids is 1. The monoisotopic (exact) mass is 427 g/mol. The Labute approximate surface area is 177 Å². The van der Waals surface area contributed by atoms with E-state index >= 15 is 0 Å². The van der Waals surface area contributed by atoms with E-state index in [1.165, 1.54) is 24.3 Å². The third kappa shape index (κ3) is 4.42. The van der Waals surface area contributed by atoms with Crippen LogP contribution in [0.4, 0.5) is 15.8 Å². The number of nitrogens with one attached hydrogen (secondary N) is 1. The lowest BCUT2D eigenvalue weighted by Gasteiger charge is -2.24. The summed E-state index contributed by atoms with van der Waals surface area (Å²) >= 11 is 12.0. The number of benzene rings is 3. The maximum atomic E-state index is 13.1. The van der Waals surface area contributed by atoms with Gasteiger partial charge in [0.05, 0.1) is 11.7 Å². The number of hydrogen-bond donors (Lipinski definition) is 1. The van der Waals surface area contributed by atoms with Crippen LogP contribution in [0.5, 0.6) is 0 Å². The van der Waals surface area contributed by atoms with E-state index in [1.807, 2.05) is 36.4 Å². The van der Waals surface area contributed by atoms with Crippen molar-refractivity contribution in [2.75, 3.05) is 10.3 Å². The largest absolute Gasteiger partial charge is 0.321 e. The standard InChI is InChI=1S/C22H16Cl2FN3O/c23-15-3-1-14(2-4-15)21-13-20(22(29)26-18-9-7-17(25)8-10-18)27-28(21)19-11-5-16(24)6-12-19/h1-12,21H,13H2,(H,26,29). The highest BCUT2D eigenvalue weighted by atomic mass is 35.5. The lowest BCUT2D eigenvalue weighted by molar-refractivity contribution is -0.110. The number of nitrogens with zero attached hydrogens (tertiary/aromatic N) is 2. The Hall–Kier alpha value is -2.89. The second-order valence-corrected chi connectivity index (χ2v) is 7.47. The van der Waals surface area contributed by atoms with Gasteiger partial charge in [0.1, 0.15) is 11.5 Å². The molecular formula is C22H16Cl2FN3O. The van der Waals surface area contributed by atoms with Crippen molar-refractivity contribution in [3.63, 3.8) is 0 Å². The summed E-state index contributed by atoms with van der Waals surface area (Å²) in [5, 5.41) is 10.4. The zero-order chi connectivity index (χ0) is 20.4. The molecule has 3 aromatic rings. The number of rotatable bonds is 4. The Bertz CT molecular complexity index is 1050. The molecule has 7 heteroatoms. The van der Waals surface area contributed by atoms with Gasteiger partial charge in [-0.2, -0.15) is 5.10 Å². The van der Waals surface area contributed by atoms with E-state index in [0.29, 0.717) is 27.9 Å². The van der Waals surface area contributed by atoms with Crippen molar-refractivity contribution in [3.05, 3.63) is 94.2 Å². The van der Waals surface area contributed by atoms with E-state index < -0.39 is 0 Å². The lowest BCUT2D eigenvalue weighted by Crippen LogP contribution is -2.21. The average molecular weight is 428 g/mol. The summed E-state index contributed by atoms with van der Waals surface area (Å²) < 4.78 is 13.1. The molecule has 4 rings (SSSR count). The summed E-state index contributed by atoms with van der Waals surface area (Å²) in [5.74, 6) is -0.690. The molecule has 1 aliphatic rings. The van der Waals surface area contributed by atoms with Crippen LogP contribution in [0.1, 0.15) is 18.0 Å². The Morgan fingerprint density at radius 2 is 1.52 bits per heavy atom. The first-order chi connectivity index (χ1) is 14.0. The number of anilines is 2. The third-order valence-corrected chi connectivity index (χ3v) is 5.12. The zero-order valence-electron chi connectivity index (χ0n) is 15.1. The number of hydrazone groups is 1. The maximum Gasteiger partial charge on any atom is 0.271 e. The Kier molecular flexibility index (Phi) is 5.51. The Balaban J connectivity index is 1.63. The minimum absolute atomic E-state index is 0.164. The van der Waals surface area contributed by atoms with Crippen molar-refractivity contribution < 1.29 is 9.18 Å². The molecule has 1 unspecified atom stereocenters. The zero-order valence-corrected chi connectivity index (χ0v) is 16.7. The summed E-state index contributed by atoms with van der Waals surface area (Å²) in [4.78, 5) is 12.8. The molecule has 1 atom stereocenters. The first-order valence-electron chi connectivity index (χ1n) is 8.94. The van der Waals surface area contributed by atoms with E-state index in [4.69, 9.17) is 23.2 Å². The molecule has 0 spiro atoms. The maximum absolute atomic E-state index is 13.1. The van der Waals surface area contributed by atoms with Gasteiger partial charge in [-0.3, -0.25) is 9.80 Å². The van der Waals surface area contributed by atoms with E-state index in [0.717, 1.165) is 11.3 Å². The highest BCUT2D eigenvalue weighted by molar-refractivity contribution is 6.43. The molecule has 1 N–H and O–H groups in total. The SMILES string of the molecule is O=C(Nc1ccc(F)cc1)C1=NN(c2ccc(Cl)cc2)C(c2ccc(Cl)cc2)C1. The fraction of sp³-hybridized carbons (Fsp3) is 0.0909. The molecule has 0 bridgehead atoms. The highest BCUT2D eigenvalue weighted by Gasteiger charge is 2.32. The first-order valence-corrected chi connectivity index (χ1v) is 9.70. The molecular weight excluding hydrogens is 412 g/mol. The van der Waals surface area contributed by atoms with Crippen LogP contribution in [0, 0.1) is 5.82 Å². The van der Waals surface area contributed by atoms with Gasteiger partial charge in [-0.15, -0.1) is 0 Å². The summed E-state index contributed by atoms with van der Waals surface area (Å²) in [6.45, 7) is 0. The van der Waals surface area contributed by atoms with Gasteiger partial charge in [0.2, 0.25) is 0 Å². The smallest absolute Gasteiger partial charge is 0.271 e. The van der Waals surface area contributed by atoms with Crippen molar-refractivity contribution in [1.82, 2.24) is 0 Å². The molecule has 29 heavy (non-hydrogen) atoms. The predicted molar refractivity (Wildman–Crippen MR) is 115 cm³/mol. The van der Waals surface area contributed by atoms with Gasteiger partial charge in [0.15, 0.2) is 0 Å². The quantitative estimate of drug-likeness (QED) is 0.548. The van der Waals surface area contributed by atoms with E-state index in [1.54, 1.807) is 17.1 Å². The normalized spacial score (nSPS) is 15.9. The van der Waals surface area contributed by atoms with Gasteiger partial charge in [0, 0.05) is 22.2 Å². The first kappa shape index (κ1) is 19.4. The Morgan fingerprint density at radius 1 is 0.931 bits per heavy atom. The molecule has 0 fully saturated rings. The van der Waals surface area contributed by atoms with Crippen LogP contribution in [0.25, 0.3) is 0 Å². The van der Waals surface area contributed by atoms with Crippen LogP contribution < -0.4 is 10.3 Å². The number of halogens is 3. The third-order valence-electron chi connectivity index (χ3n) is 4.62. The van der Waals surface area contributed by atoms with Gasteiger partial charge in [0.25, 0.3) is 5.91 Å². The minimum Gasteiger partial charge on any atom is -0.321 e. The van der Waals surface area contributed by atoms with Crippen LogP contribution in [0.3, 0.4) is 0 Å². The topological polar surface area (TPSA) is 44.7 Å². The lowest BCUT2D eigenvalue weighted by atomic mass is 10.0. The number of carbonyl (C=O) groups is 1. The van der Waals surface area contributed by atoms with Crippen LogP contribution in [0.15, 0.2) is 77.9 Å². The average Bonchev–Trinajstić information content (AvgIpc) is 3.16. The summed E-state index contributed by atoms with van der Waals surface area (Å²) in [6, 6.07) is 20.2. The number of hydrogen-bond acceptors (Lipinski definition) is 3. The van der Waals surface area contributed by atoms with Crippen molar-refractivity contribution >= 4 is 46.2 Å². The molecule has 3 aromatic carbocycles. The fourth-order valence-electron chi connectivity index (χ4n) is 3.16. The number of amides is 1. The van der Waals surface area contributed by atoms with Crippen LogP contribution in [-0.2, 0) is 4.79 Å². The van der Waals surface area contributed by atoms with Crippen LogP contribution in [-0.4, -0.2) is 11.6 Å². The Morgan fingerprint density at radius 3 is 2.14 bits per heavy atom. The second kappa shape index (κ2) is 8.23. The van der Waals surface area contributed by atoms with E-state index in [-0.39, 0.29) is 17.8 Å². The molecule has 4 nitrogen and oxygen atoms in total. The van der Waals surface area contributed by atoms with Gasteiger partial charge in [-0.25, -0.2) is 4.39 Å². The van der Waals surface area contributed by atoms with Crippen molar-refractivity contribution in [3.8, 4) is 0 Å². The molecule has 1 aliphatic heterocycles. The van der Waals surface area contributed by atoms with Gasteiger partial charge >= 0.3 is 0 Å². The van der Waals surface area contributed by atoms with Crippen molar-refractivity contribution in [2.24, 2.45) is 5.10 Å². The molecule has 146 valence electrons. The molecule has 1 amide bonds. The van der Waals surface area contributed by atoms with Crippen molar-refractivity contribution in [2.45, 2.75) is 12.5 Å². The summed E-state index contributed by atoms with van der Waals surface area (Å²) in [6.07, 6.45) is 0.414. The fourth-order valence-corrected chi connectivity index (χ4v) is 3.41. The van der Waals surface area contributed by atoms with Crippen molar-refractivity contribution in [1.29, 1.82) is 0 Å². The highest BCUT2D eigenvalue weighted by Crippen LogP contribution is 2.36. The molecule has 0 aromatic heterocycles. The molecule has 0 saturated heterocycles. The molecule has 0 aliphatic carbocycles. The molecule has 0 radical (unpaired) electrons. The van der Waals surface area contributed by atoms with E-state index in [9.17, 15) is 9.18 Å². The summed E-state index contributed by atoms with van der Waals surface area (Å²) in [5.41, 5.74) is 2.69. The van der Waals surface area contributed by atoms with Gasteiger partial charge in [-0.05, 0) is 66.2 Å². The predicted octanol–water partition coefficient (Wildman–Crippen LogP) is 6.08. The van der Waals surface area contributed by atoms with Crippen LogP contribution in [0.2, 0.25) is 10.0 Å². The van der Waals surface area contributed by atoms with E-state index in [2.05, 4.69) is 10.4 Å². The summed E-state index contributed by atoms with van der Waals surface area (Å²) in [7, 11) is 0. The molecule has 0 saturated carbocycles. The van der Waals surface area contributed by atoms with Gasteiger partial charge in [-0.1, -0.05) is 35.3 Å². The minimum atomic E-state index is -0.363. The van der Waals surface area contributed by atoms with Gasteiger partial charge < -0.3 is 5.32 Å². The second-order valence-electron chi connectivity index (χ2n) is 6.60. The molecule has 1 heterocycles.